The number of pyridine rings is 1. The zero-order valence-corrected chi connectivity index (χ0v) is 16.4. The predicted octanol–water partition coefficient (Wildman–Crippen LogP) is 7.45. The Hall–Kier alpha value is -2.65. The molecule has 0 radical (unpaired) electrons. The Labute approximate surface area is 165 Å². The summed E-state index contributed by atoms with van der Waals surface area (Å²) in [5.74, 6) is 0. The number of thiophene rings is 1. The predicted molar refractivity (Wildman–Crippen MR) is 115 cm³/mol. The van der Waals surface area contributed by atoms with Crippen LogP contribution in [0.2, 0.25) is 0 Å². The van der Waals surface area contributed by atoms with Gasteiger partial charge in [0.15, 0.2) is 0 Å². The van der Waals surface area contributed by atoms with Crippen LogP contribution in [0.1, 0.15) is 29.1 Å². The van der Waals surface area contributed by atoms with Crippen LogP contribution in [0.3, 0.4) is 0 Å². The van der Waals surface area contributed by atoms with Crippen molar-refractivity contribution in [3.8, 4) is 11.3 Å². The van der Waals surface area contributed by atoms with E-state index in [1.807, 2.05) is 45.0 Å². The average molecular weight is 374 g/mol. The molecule has 0 spiro atoms. The molecule has 2 aromatic carbocycles. The highest BCUT2D eigenvalue weighted by molar-refractivity contribution is 7.17. The lowest BCUT2D eigenvalue weighted by atomic mass is 9.88. The molecule has 5 aromatic rings. The maximum Gasteiger partial charge on any atom is 0.144 e. The summed E-state index contributed by atoms with van der Waals surface area (Å²) in [5.41, 5.74) is 3.36. The zero-order valence-electron chi connectivity index (χ0n) is 17.5. The van der Waals surface area contributed by atoms with Gasteiger partial charge in [-0.1, -0.05) is 32.9 Å². The number of fused-ring (bicyclic) bond motifs is 5. The van der Waals surface area contributed by atoms with E-state index >= 15 is 0 Å². The van der Waals surface area contributed by atoms with E-state index in [4.69, 9.17) is 7.16 Å². The fraction of sp³-hybridized carbons (Fsp3) is 0.208. The first-order chi connectivity index (χ1) is 13.8. The van der Waals surface area contributed by atoms with Gasteiger partial charge in [-0.25, -0.2) is 0 Å². The highest BCUT2D eigenvalue weighted by Crippen LogP contribution is 2.40. The van der Waals surface area contributed by atoms with Crippen LogP contribution in [0, 0.1) is 5.41 Å². The zero-order chi connectivity index (χ0) is 20.4. The SMILES string of the molecule is [2H]C([2H])(c1ccnc(-c2cccc3c2oc2ccc4sccc4c23)c1)C(C)(C)C. The van der Waals surface area contributed by atoms with E-state index in [-0.39, 0.29) is 0 Å². The summed E-state index contributed by atoms with van der Waals surface area (Å²) in [6, 6.07) is 16.0. The molecule has 3 heterocycles. The van der Waals surface area contributed by atoms with Gasteiger partial charge in [0.2, 0.25) is 0 Å². The molecule has 0 aliphatic heterocycles. The van der Waals surface area contributed by atoms with Gasteiger partial charge in [0.05, 0.1) is 5.69 Å². The molecule has 0 unspecified atom stereocenters. The Morgan fingerprint density at radius 1 is 1.07 bits per heavy atom. The second-order valence-corrected chi connectivity index (χ2v) is 8.81. The molecule has 3 heteroatoms. The van der Waals surface area contributed by atoms with Gasteiger partial charge in [-0.15, -0.1) is 11.3 Å². The minimum atomic E-state index is -1.48. The smallest absolute Gasteiger partial charge is 0.144 e. The van der Waals surface area contributed by atoms with Crippen molar-refractivity contribution in [3.63, 3.8) is 0 Å². The lowest BCUT2D eigenvalue weighted by molar-refractivity contribution is 0.411. The summed E-state index contributed by atoms with van der Waals surface area (Å²) in [4.78, 5) is 4.55. The van der Waals surface area contributed by atoms with E-state index < -0.39 is 11.8 Å². The number of hydrogen-bond acceptors (Lipinski definition) is 3. The second-order valence-electron chi connectivity index (χ2n) is 7.86. The summed E-state index contributed by atoms with van der Waals surface area (Å²) >= 11 is 1.73. The largest absolute Gasteiger partial charge is 0.455 e. The van der Waals surface area contributed by atoms with E-state index in [9.17, 15) is 0 Å². The van der Waals surface area contributed by atoms with Gasteiger partial charge in [-0.05, 0) is 59.1 Å². The Morgan fingerprint density at radius 3 is 2.81 bits per heavy atom. The van der Waals surface area contributed by atoms with E-state index in [0.29, 0.717) is 5.56 Å². The Balaban J connectivity index is 1.76. The van der Waals surface area contributed by atoms with Crippen LogP contribution < -0.4 is 0 Å². The summed E-state index contributed by atoms with van der Waals surface area (Å²) in [6.45, 7) is 5.75. The van der Waals surface area contributed by atoms with Crippen LogP contribution in [-0.4, -0.2) is 4.98 Å². The van der Waals surface area contributed by atoms with Crippen LogP contribution in [-0.2, 0) is 6.37 Å². The van der Waals surface area contributed by atoms with Crippen molar-refractivity contribution < 1.29 is 7.16 Å². The van der Waals surface area contributed by atoms with Crippen LogP contribution in [0.25, 0.3) is 43.3 Å². The number of para-hydroxylation sites is 1. The minimum Gasteiger partial charge on any atom is -0.455 e. The molecule has 0 saturated carbocycles. The standard InChI is InChI=1S/C24H21NOS/c1-24(2,3)14-15-9-11-25-19(13-15)16-5-4-6-18-22-17-10-12-27-21(17)8-7-20(22)26-23(16)18/h4-13H,14H2,1-3H3/i14D2. The van der Waals surface area contributed by atoms with E-state index in [0.717, 1.165) is 33.2 Å². The van der Waals surface area contributed by atoms with Gasteiger partial charge in [-0.2, -0.15) is 0 Å². The van der Waals surface area contributed by atoms with Crippen molar-refractivity contribution in [3.05, 3.63) is 65.7 Å². The number of aromatic nitrogens is 1. The number of nitrogens with zero attached hydrogens (tertiary/aromatic N) is 1. The molecule has 0 aliphatic rings. The van der Waals surface area contributed by atoms with Gasteiger partial charge < -0.3 is 4.42 Å². The maximum absolute atomic E-state index is 8.62. The molecule has 0 bridgehead atoms. The molecular formula is C24H21NOS. The first-order valence-electron chi connectivity index (χ1n) is 10.1. The summed E-state index contributed by atoms with van der Waals surface area (Å²) in [6.07, 6.45) is 0.210. The molecule has 2 nitrogen and oxygen atoms in total. The maximum atomic E-state index is 8.62. The normalized spacial score (nSPS) is 14.0. The molecule has 0 N–H and O–H groups in total. The van der Waals surface area contributed by atoms with Crippen molar-refractivity contribution in [2.45, 2.75) is 27.1 Å². The Morgan fingerprint density at radius 2 is 1.96 bits per heavy atom. The third-order valence-corrected chi connectivity index (χ3v) is 5.53. The highest BCUT2D eigenvalue weighted by Gasteiger charge is 2.17. The number of furan rings is 1. The fourth-order valence-electron chi connectivity index (χ4n) is 3.63. The van der Waals surface area contributed by atoms with Gasteiger partial charge >= 0.3 is 0 Å². The van der Waals surface area contributed by atoms with Crippen LogP contribution >= 0.6 is 11.3 Å². The molecule has 0 atom stereocenters. The van der Waals surface area contributed by atoms with Gasteiger partial charge in [0.1, 0.15) is 11.2 Å². The molecule has 134 valence electrons. The average Bonchev–Trinajstić information content (AvgIpc) is 3.30. The van der Waals surface area contributed by atoms with E-state index in [1.54, 1.807) is 23.6 Å². The molecule has 0 saturated heterocycles. The van der Waals surface area contributed by atoms with Crippen molar-refractivity contribution in [2.24, 2.45) is 5.41 Å². The molecule has 3 aromatic heterocycles. The third-order valence-electron chi connectivity index (χ3n) is 4.65. The van der Waals surface area contributed by atoms with Crippen molar-refractivity contribution >= 4 is 43.4 Å². The third kappa shape index (κ3) is 2.83. The Kier molecular flexibility index (Phi) is 3.17. The first kappa shape index (κ1) is 14.4. The van der Waals surface area contributed by atoms with Gasteiger partial charge in [0.25, 0.3) is 0 Å². The monoisotopic (exact) mass is 373 g/mol. The molecular weight excluding hydrogens is 350 g/mol. The van der Waals surface area contributed by atoms with Crippen molar-refractivity contribution in [1.82, 2.24) is 4.98 Å². The molecule has 27 heavy (non-hydrogen) atoms. The lowest BCUT2D eigenvalue weighted by Gasteiger charge is -2.18. The topological polar surface area (TPSA) is 26.0 Å². The van der Waals surface area contributed by atoms with Crippen LogP contribution in [0.15, 0.2) is 64.5 Å². The lowest BCUT2D eigenvalue weighted by Crippen LogP contribution is -2.09. The van der Waals surface area contributed by atoms with Crippen LogP contribution in [0.4, 0.5) is 0 Å². The van der Waals surface area contributed by atoms with Crippen LogP contribution in [0.5, 0.6) is 0 Å². The second kappa shape index (κ2) is 5.93. The highest BCUT2D eigenvalue weighted by atomic mass is 32.1. The summed E-state index contributed by atoms with van der Waals surface area (Å²) in [5, 5.41) is 5.50. The summed E-state index contributed by atoms with van der Waals surface area (Å²) in [7, 11) is 0. The van der Waals surface area contributed by atoms with Crippen molar-refractivity contribution in [1.29, 1.82) is 0 Å². The minimum absolute atomic E-state index is 0.526. The molecule has 0 aliphatic carbocycles. The quantitative estimate of drug-likeness (QED) is 0.321. The molecule has 0 amide bonds. The Bertz CT molecular complexity index is 1370. The number of benzene rings is 2. The number of rotatable bonds is 2. The first-order valence-corrected chi connectivity index (χ1v) is 9.94. The molecule has 5 rings (SSSR count). The fourth-order valence-corrected chi connectivity index (χ4v) is 4.43. The number of hydrogen-bond donors (Lipinski definition) is 0. The molecule has 0 fully saturated rings. The van der Waals surface area contributed by atoms with Gasteiger partial charge in [0, 0.05) is 35.4 Å². The van der Waals surface area contributed by atoms with E-state index in [1.165, 1.54) is 10.1 Å². The van der Waals surface area contributed by atoms with Crippen molar-refractivity contribution in [2.75, 3.05) is 0 Å². The summed E-state index contributed by atoms with van der Waals surface area (Å²) < 4.78 is 24.8. The van der Waals surface area contributed by atoms with E-state index in [2.05, 4.69) is 28.6 Å². The van der Waals surface area contributed by atoms with Gasteiger partial charge in [-0.3, -0.25) is 4.98 Å².